The first-order valence-electron chi connectivity index (χ1n) is 9.81. The van der Waals surface area contributed by atoms with Gasteiger partial charge in [0.1, 0.15) is 0 Å². The van der Waals surface area contributed by atoms with Gasteiger partial charge in [0.2, 0.25) is 11.8 Å². The van der Waals surface area contributed by atoms with Gasteiger partial charge in [-0.2, -0.15) is 0 Å². The van der Waals surface area contributed by atoms with E-state index in [-0.39, 0.29) is 29.8 Å². The van der Waals surface area contributed by atoms with Crippen LogP contribution in [0.15, 0.2) is 30.3 Å². The van der Waals surface area contributed by atoms with Crippen LogP contribution in [0.2, 0.25) is 0 Å². The van der Waals surface area contributed by atoms with Crippen LogP contribution < -0.4 is 5.32 Å². The van der Waals surface area contributed by atoms with Gasteiger partial charge in [0, 0.05) is 38.6 Å². The lowest BCUT2D eigenvalue weighted by atomic mass is 9.81. The van der Waals surface area contributed by atoms with Gasteiger partial charge in [0.15, 0.2) is 0 Å². The monoisotopic (exact) mass is 358 g/mol. The van der Waals surface area contributed by atoms with E-state index >= 15 is 0 Å². The quantitative estimate of drug-likeness (QED) is 0.851. The molecule has 2 aliphatic rings. The second-order valence-corrected chi connectivity index (χ2v) is 7.61. The maximum absolute atomic E-state index is 12.7. The minimum atomic E-state index is 0.0416. The van der Waals surface area contributed by atoms with Gasteiger partial charge in [-0.15, -0.1) is 0 Å². The van der Waals surface area contributed by atoms with Crippen molar-refractivity contribution in [3.63, 3.8) is 0 Å². The maximum Gasteiger partial charge on any atom is 0.225 e. The fourth-order valence-corrected chi connectivity index (χ4v) is 4.01. The molecule has 2 fully saturated rings. The Balaban J connectivity index is 1.40. The lowest BCUT2D eigenvalue weighted by molar-refractivity contribution is -0.137. The van der Waals surface area contributed by atoms with E-state index in [4.69, 9.17) is 4.74 Å². The average Bonchev–Trinajstić information content (AvgIpc) is 3.20. The second-order valence-electron chi connectivity index (χ2n) is 7.61. The predicted molar refractivity (Wildman–Crippen MR) is 100 cm³/mol. The number of amides is 2. The summed E-state index contributed by atoms with van der Waals surface area (Å²) in [7, 11) is 1.87. The Labute approximate surface area is 156 Å². The number of carbonyl (C=O) groups is 2. The molecule has 3 rings (SSSR count). The van der Waals surface area contributed by atoms with Crippen LogP contribution in [-0.4, -0.2) is 43.0 Å². The van der Waals surface area contributed by atoms with Crippen molar-refractivity contribution in [2.75, 3.05) is 20.2 Å². The summed E-state index contributed by atoms with van der Waals surface area (Å²) in [6, 6.07) is 10.1. The Bertz CT molecular complexity index is 591. The molecule has 1 unspecified atom stereocenters. The Morgan fingerprint density at radius 3 is 2.42 bits per heavy atom. The van der Waals surface area contributed by atoms with Crippen LogP contribution in [0.3, 0.4) is 0 Å². The fourth-order valence-electron chi connectivity index (χ4n) is 4.01. The van der Waals surface area contributed by atoms with Gasteiger partial charge >= 0.3 is 0 Å². The molecule has 5 heteroatoms. The first-order chi connectivity index (χ1) is 12.6. The highest BCUT2D eigenvalue weighted by Gasteiger charge is 2.31. The highest BCUT2D eigenvalue weighted by molar-refractivity contribution is 5.81. The van der Waals surface area contributed by atoms with E-state index in [2.05, 4.69) is 5.32 Å². The Morgan fingerprint density at radius 1 is 1.08 bits per heavy atom. The van der Waals surface area contributed by atoms with Crippen LogP contribution in [0.4, 0.5) is 0 Å². The third kappa shape index (κ3) is 5.07. The van der Waals surface area contributed by atoms with Crippen molar-refractivity contribution in [2.24, 2.45) is 11.8 Å². The lowest BCUT2D eigenvalue weighted by Crippen LogP contribution is -2.40. The minimum absolute atomic E-state index is 0.0416. The summed E-state index contributed by atoms with van der Waals surface area (Å²) in [5.41, 5.74) is 1.14. The average molecular weight is 358 g/mol. The normalized spacial score (nSPS) is 25.7. The van der Waals surface area contributed by atoms with Gasteiger partial charge < -0.3 is 15.0 Å². The molecule has 0 aromatic heterocycles. The smallest absolute Gasteiger partial charge is 0.225 e. The summed E-state index contributed by atoms with van der Waals surface area (Å²) in [4.78, 5) is 26.8. The molecule has 1 N–H and O–H groups in total. The number of rotatable bonds is 6. The van der Waals surface area contributed by atoms with Crippen molar-refractivity contribution in [1.29, 1.82) is 0 Å². The molecule has 1 atom stereocenters. The third-order valence-corrected chi connectivity index (χ3v) is 5.61. The molecule has 5 nitrogen and oxygen atoms in total. The van der Waals surface area contributed by atoms with E-state index in [1.165, 1.54) is 0 Å². The van der Waals surface area contributed by atoms with E-state index in [0.29, 0.717) is 13.1 Å². The molecule has 1 aromatic rings. The first-order valence-corrected chi connectivity index (χ1v) is 9.81. The molecule has 1 aliphatic carbocycles. The minimum Gasteiger partial charge on any atom is -0.376 e. The van der Waals surface area contributed by atoms with Crippen molar-refractivity contribution >= 4 is 11.8 Å². The van der Waals surface area contributed by atoms with Crippen LogP contribution in [0.25, 0.3) is 0 Å². The number of nitrogens with zero attached hydrogens (tertiary/aromatic N) is 1. The standard InChI is InChI=1S/C21H30N2O3/c1-23(15-16-6-3-2-4-7-16)21(25)18-11-9-17(10-12-18)20(24)22-14-19-8-5-13-26-19/h2-4,6-7,17-19H,5,8-15H2,1H3,(H,22,24). The van der Waals surface area contributed by atoms with E-state index in [0.717, 1.165) is 50.7 Å². The van der Waals surface area contributed by atoms with Gasteiger partial charge in [0.25, 0.3) is 0 Å². The number of hydrogen-bond donors (Lipinski definition) is 1. The zero-order valence-corrected chi connectivity index (χ0v) is 15.7. The van der Waals surface area contributed by atoms with Crippen molar-refractivity contribution in [3.8, 4) is 0 Å². The van der Waals surface area contributed by atoms with Crippen LogP contribution in [0.5, 0.6) is 0 Å². The van der Waals surface area contributed by atoms with Crippen molar-refractivity contribution < 1.29 is 14.3 Å². The molecule has 0 spiro atoms. The molecule has 0 radical (unpaired) electrons. The third-order valence-electron chi connectivity index (χ3n) is 5.61. The number of hydrogen-bond acceptors (Lipinski definition) is 3. The molecule has 0 bridgehead atoms. The zero-order chi connectivity index (χ0) is 18.4. The SMILES string of the molecule is CN(Cc1ccccc1)C(=O)C1CCC(C(=O)NCC2CCCO2)CC1. The van der Waals surface area contributed by atoms with Crippen LogP contribution in [0.1, 0.15) is 44.1 Å². The Hall–Kier alpha value is -1.88. The van der Waals surface area contributed by atoms with Gasteiger partial charge in [-0.3, -0.25) is 9.59 Å². The summed E-state index contributed by atoms with van der Waals surface area (Å²) in [6.45, 7) is 2.07. The Morgan fingerprint density at radius 2 is 1.77 bits per heavy atom. The summed E-state index contributed by atoms with van der Waals surface area (Å²) in [5.74, 6) is 0.418. The van der Waals surface area contributed by atoms with Crippen LogP contribution in [0, 0.1) is 11.8 Å². The van der Waals surface area contributed by atoms with Gasteiger partial charge in [-0.25, -0.2) is 0 Å². The fraction of sp³-hybridized carbons (Fsp3) is 0.619. The molecule has 1 aliphatic heterocycles. The number of carbonyl (C=O) groups excluding carboxylic acids is 2. The molecule has 1 aromatic carbocycles. The topological polar surface area (TPSA) is 58.6 Å². The molecule has 1 saturated heterocycles. The summed E-state index contributed by atoms with van der Waals surface area (Å²) in [5, 5.41) is 3.03. The predicted octanol–water partition coefficient (Wildman–Crippen LogP) is 2.75. The van der Waals surface area contributed by atoms with Crippen molar-refractivity contribution in [3.05, 3.63) is 35.9 Å². The molecular formula is C21H30N2O3. The molecule has 1 saturated carbocycles. The molecule has 26 heavy (non-hydrogen) atoms. The van der Waals surface area contributed by atoms with E-state index in [1.54, 1.807) is 0 Å². The number of nitrogens with one attached hydrogen (secondary N) is 1. The van der Waals surface area contributed by atoms with E-state index in [9.17, 15) is 9.59 Å². The molecule has 1 heterocycles. The van der Waals surface area contributed by atoms with Crippen LogP contribution in [-0.2, 0) is 20.9 Å². The Kier molecular flexibility index (Phi) is 6.67. The van der Waals surface area contributed by atoms with Gasteiger partial charge in [-0.05, 0) is 44.1 Å². The highest BCUT2D eigenvalue weighted by atomic mass is 16.5. The summed E-state index contributed by atoms with van der Waals surface area (Å²) >= 11 is 0. The number of ether oxygens (including phenoxy) is 1. The van der Waals surface area contributed by atoms with E-state index < -0.39 is 0 Å². The molecule has 142 valence electrons. The summed E-state index contributed by atoms with van der Waals surface area (Å²) < 4.78 is 5.55. The second kappa shape index (κ2) is 9.17. The first kappa shape index (κ1) is 18.9. The largest absolute Gasteiger partial charge is 0.376 e. The van der Waals surface area contributed by atoms with Crippen molar-refractivity contribution in [2.45, 2.75) is 51.2 Å². The number of benzene rings is 1. The lowest BCUT2D eigenvalue weighted by Gasteiger charge is -2.30. The highest BCUT2D eigenvalue weighted by Crippen LogP contribution is 2.30. The van der Waals surface area contributed by atoms with Crippen molar-refractivity contribution in [1.82, 2.24) is 10.2 Å². The van der Waals surface area contributed by atoms with E-state index in [1.807, 2.05) is 42.3 Å². The molecular weight excluding hydrogens is 328 g/mol. The molecule has 2 amide bonds. The maximum atomic E-state index is 12.7. The van der Waals surface area contributed by atoms with Crippen LogP contribution >= 0.6 is 0 Å². The van der Waals surface area contributed by atoms with Gasteiger partial charge in [0.05, 0.1) is 6.10 Å². The van der Waals surface area contributed by atoms with Gasteiger partial charge in [-0.1, -0.05) is 30.3 Å². The zero-order valence-electron chi connectivity index (χ0n) is 15.7. The summed E-state index contributed by atoms with van der Waals surface area (Å²) in [6.07, 6.45) is 5.51.